The van der Waals surface area contributed by atoms with Gasteiger partial charge in [-0.2, -0.15) is 0 Å². The highest BCUT2D eigenvalue weighted by molar-refractivity contribution is 7.11. The van der Waals surface area contributed by atoms with Gasteiger partial charge in [0.15, 0.2) is 10.8 Å². The molecule has 206 valence electrons. The van der Waals surface area contributed by atoms with Gasteiger partial charge in [-0.15, -0.1) is 11.3 Å². The number of aldehydes is 1. The van der Waals surface area contributed by atoms with E-state index in [2.05, 4.69) is 20.0 Å². The Hall–Kier alpha value is -3.35. The number of methoxy groups -OCH3 is 1. The first kappa shape index (κ1) is 30.9. The number of halogens is 3. The Balaban J connectivity index is 0.000000384. The minimum atomic E-state index is -2.93. The maximum absolute atomic E-state index is 13.9. The predicted octanol–water partition coefficient (Wildman–Crippen LogP) is 4.16. The fourth-order valence-corrected chi connectivity index (χ4v) is 4.19. The molecule has 0 aliphatic carbocycles. The molecule has 38 heavy (non-hydrogen) atoms. The van der Waals surface area contributed by atoms with Crippen molar-refractivity contribution < 1.29 is 32.6 Å². The number of nitrogens with zero attached hydrogens (tertiary/aromatic N) is 3. The van der Waals surface area contributed by atoms with E-state index < -0.39 is 36.9 Å². The van der Waals surface area contributed by atoms with E-state index >= 15 is 0 Å². The van der Waals surface area contributed by atoms with Crippen LogP contribution in [-0.2, 0) is 14.3 Å². The molecule has 3 heterocycles. The number of amidine groups is 1. The largest absolute Gasteiger partial charge is 0.478 e. The number of aliphatic carboxylic acids is 1. The van der Waals surface area contributed by atoms with E-state index in [0.717, 1.165) is 12.7 Å². The number of carboxylic acids is 1. The van der Waals surface area contributed by atoms with Gasteiger partial charge in [-0.05, 0) is 26.0 Å². The van der Waals surface area contributed by atoms with Crippen LogP contribution in [0.25, 0.3) is 0 Å². The van der Waals surface area contributed by atoms with Crippen molar-refractivity contribution in [2.75, 3.05) is 26.8 Å². The van der Waals surface area contributed by atoms with Crippen LogP contribution >= 0.6 is 11.3 Å². The second-order valence-electron chi connectivity index (χ2n) is 8.27. The third-order valence-electron chi connectivity index (χ3n) is 5.41. The first-order valence-electron chi connectivity index (χ1n) is 11.8. The van der Waals surface area contributed by atoms with E-state index in [1.165, 1.54) is 34.4 Å². The van der Waals surface area contributed by atoms with Crippen molar-refractivity contribution >= 4 is 29.4 Å². The lowest BCUT2D eigenvalue weighted by Gasteiger charge is -2.28. The molecule has 1 fully saturated rings. The molecule has 1 aromatic carbocycles. The average Bonchev–Trinajstić information content (AvgIpc) is 3.51. The van der Waals surface area contributed by atoms with Crippen molar-refractivity contribution in [1.29, 1.82) is 0 Å². The number of carboxylic acid groups (broad SMARTS) is 1. The summed E-state index contributed by atoms with van der Waals surface area (Å²) in [4.78, 5) is 32.3. The summed E-state index contributed by atoms with van der Waals surface area (Å²) in [5.74, 6) is -3.81. The molecule has 2 aliphatic rings. The van der Waals surface area contributed by atoms with Crippen LogP contribution in [0, 0.1) is 5.82 Å². The molecule has 0 radical (unpaired) electrons. The molecule has 1 aromatic heterocycles. The molecule has 2 aliphatic heterocycles. The van der Waals surface area contributed by atoms with Crippen LogP contribution in [0.2, 0.25) is 0 Å². The van der Waals surface area contributed by atoms with Gasteiger partial charge in [0.05, 0.1) is 12.6 Å². The Morgan fingerprint density at radius 1 is 1.34 bits per heavy atom. The molecule has 0 amide bonds. The fraction of sp³-hybridized carbons (Fsp3) is 0.385. The Bertz CT molecular complexity index is 1120. The number of ether oxygens (including phenoxy) is 1. The zero-order valence-electron chi connectivity index (χ0n) is 21.3. The van der Waals surface area contributed by atoms with Gasteiger partial charge in [-0.3, -0.25) is 14.7 Å². The summed E-state index contributed by atoms with van der Waals surface area (Å²) in [6, 6.07) is 6.76. The van der Waals surface area contributed by atoms with Crippen LogP contribution in [0.1, 0.15) is 25.3 Å². The minimum absolute atomic E-state index is 0.0486. The number of likely N-dealkylation sites (tertiary alicyclic amines) is 1. The van der Waals surface area contributed by atoms with Crippen LogP contribution in [-0.4, -0.2) is 77.9 Å². The number of carbonyl (C=O) groups is 2. The maximum atomic E-state index is 13.9. The van der Waals surface area contributed by atoms with Crippen LogP contribution < -0.4 is 5.32 Å². The maximum Gasteiger partial charge on any atom is 0.328 e. The van der Waals surface area contributed by atoms with E-state index in [4.69, 9.17) is 5.11 Å². The molecular formula is C26H31F3N4O4S. The van der Waals surface area contributed by atoms with E-state index in [1.54, 1.807) is 43.8 Å². The van der Waals surface area contributed by atoms with E-state index in [1.807, 2.05) is 6.92 Å². The Morgan fingerprint density at radius 2 is 2.03 bits per heavy atom. The second kappa shape index (κ2) is 15.2. The second-order valence-corrected chi connectivity index (χ2v) is 9.16. The summed E-state index contributed by atoms with van der Waals surface area (Å²) < 4.78 is 44.3. The van der Waals surface area contributed by atoms with Crippen molar-refractivity contribution in [2.45, 2.75) is 38.3 Å². The fourth-order valence-electron chi connectivity index (χ4n) is 3.60. The molecule has 12 heteroatoms. The van der Waals surface area contributed by atoms with Gasteiger partial charge >= 0.3 is 5.97 Å². The summed E-state index contributed by atoms with van der Waals surface area (Å²) in [6.07, 6.45) is 3.95. The summed E-state index contributed by atoms with van der Waals surface area (Å²) in [5, 5.41) is 14.3. The van der Waals surface area contributed by atoms with Crippen LogP contribution in [0.15, 0.2) is 70.3 Å². The third kappa shape index (κ3) is 9.84. The molecule has 0 spiro atoms. The summed E-state index contributed by atoms with van der Waals surface area (Å²) in [6.45, 7) is 4.06. The van der Waals surface area contributed by atoms with Gasteiger partial charge in [-0.25, -0.2) is 22.9 Å². The third-order valence-corrected chi connectivity index (χ3v) is 6.19. The molecule has 2 atom stereocenters. The highest BCUT2D eigenvalue weighted by Crippen LogP contribution is 2.33. The highest BCUT2D eigenvalue weighted by Gasteiger charge is 2.44. The standard InChI is InChI=1S/C17H18F2N4O3S.C6H5F.C3H8O/c1-10-12(8-24)13(22-15(21-10)16-20-4-5-27-16)7-23-9-17(18,19)6-11(23)2-3-14(25)26;7-6-4-2-1-3-5-6;1-3-4-2/h2-5,8,10-11H,6-7,9H2,1H3,(H,21,22)(H,25,26);1-5H;3H2,1-2H3/b3-2+;;. The smallest absolute Gasteiger partial charge is 0.328 e. The summed E-state index contributed by atoms with van der Waals surface area (Å²) in [7, 11) is 1.68. The van der Waals surface area contributed by atoms with Gasteiger partial charge in [0, 0.05) is 61.6 Å². The number of carbonyl (C=O) groups excluding carboxylic acids is 1. The number of hydrogen-bond acceptors (Lipinski definition) is 8. The quantitative estimate of drug-likeness (QED) is 0.393. The van der Waals surface area contributed by atoms with E-state index in [9.17, 15) is 22.8 Å². The van der Waals surface area contributed by atoms with Crippen LogP contribution in [0.4, 0.5) is 13.2 Å². The van der Waals surface area contributed by atoms with Gasteiger partial charge in [0.25, 0.3) is 5.92 Å². The number of hydrogen-bond donors (Lipinski definition) is 2. The monoisotopic (exact) mass is 552 g/mol. The lowest BCUT2D eigenvalue weighted by molar-refractivity contribution is -0.131. The predicted molar refractivity (Wildman–Crippen MR) is 140 cm³/mol. The number of aromatic nitrogens is 1. The van der Waals surface area contributed by atoms with Crippen molar-refractivity contribution in [3.05, 3.63) is 76.2 Å². The van der Waals surface area contributed by atoms with Crippen molar-refractivity contribution in [3.63, 3.8) is 0 Å². The van der Waals surface area contributed by atoms with Gasteiger partial charge in [0.2, 0.25) is 0 Å². The summed E-state index contributed by atoms with van der Waals surface area (Å²) in [5.41, 5.74) is 0.857. The molecule has 0 saturated carbocycles. The highest BCUT2D eigenvalue weighted by atomic mass is 32.1. The molecule has 2 aromatic rings. The minimum Gasteiger partial charge on any atom is -0.478 e. The molecule has 1 saturated heterocycles. The molecular weight excluding hydrogens is 521 g/mol. The first-order valence-corrected chi connectivity index (χ1v) is 12.6. The Labute approximate surface area is 223 Å². The van der Waals surface area contributed by atoms with E-state index in [-0.39, 0.29) is 12.4 Å². The zero-order chi connectivity index (χ0) is 28.1. The lowest BCUT2D eigenvalue weighted by Crippen LogP contribution is -2.41. The van der Waals surface area contributed by atoms with Gasteiger partial charge < -0.3 is 15.2 Å². The van der Waals surface area contributed by atoms with Crippen LogP contribution in [0.5, 0.6) is 0 Å². The number of benzene rings is 1. The number of rotatable bonds is 7. The molecule has 4 rings (SSSR count). The topological polar surface area (TPSA) is 104 Å². The normalized spacial score (nSPS) is 20.5. The molecule has 8 nitrogen and oxygen atoms in total. The van der Waals surface area contributed by atoms with Crippen LogP contribution in [0.3, 0.4) is 0 Å². The zero-order valence-corrected chi connectivity index (χ0v) is 22.1. The Morgan fingerprint density at radius 3 is 2.53 bits per heavy atom. The number of nitrogens with one attached hydrogen (secondary N) is 1. The lowest BCUT2D eigenvalue weighted by atomic mass is 10.1. The SMILES string of the molecule is CC1N=C(c2nccs2)NC(CN2CC(F)(F)CC2/C=C/C(=O)O)=C1C=O.CCOC.Fc1ccccc1. The molecule has 2 N–H and O–H groups in total. The Kier molecular flexibility index (Phi) is 12.3. The number of alkyl halides is 2. The molecule has 2 unspecified atom stereocenters. The first-order chi connectivity index (χ1) is 18.1. The van der Waals surface area contributed by atoms with Crippen molar-refractivity contribution in [1.82, 2.24) is 15.2 Å². The molecule has 0 bridgehead atoms. The van der Waals surface area contributed by atoms with Gasteiger partial charge in [-0.1, -0.05) is 24.3 Å². The number of thiazole rings is 1. The average molecular weight is 553 g/mol. The summed E-state index contributed by atoms with van der Waals surface area (Å²) >= 11 is 1.37. The van der Waals surface area contributed by atoms with Crippen molar-refractivity contribution in [3.8, 4) is 0 Å². The van der Waals surface area contributed by atoms with E-state index in [0.29, 0.717) is 28.4 Å². The van der Waals surface area contributed by atoms with Gasteiger partial charge in [0.1, 0.15) is 12.1 Å². The van der Waals surface area contributed by atoms with Crippen molar-refractivity contribution in [2.24, 2.45) is 4.99 Å². The number of aliphatic imine (C=N–C) groups is 1.